The van der Waals surface area contributed by atoms with Crippen molar-refractivity contribution < 1.29 is 39.2 Å². The van der Waals surface area contributed by atoms with Crippen LogP contribution in [0, 0.1) is 10.1 Å². The van der Waals surface area contributed by atoms with Crippen LogP contribution in [0.2, 0.25) is 0 Å². The molecule has 2 fully saturated rings. The lowest BCUT2D eigenvalue weighted by molar-refractivity contribution is -0.489. The van der Waals surface area contributed by atoms with Crippen molar-refractivity contribution in [2.24, 2.45) is 0 Å². The molecule has 2 aliphatic heterocycles. The highest BCUT2D eigenvalue weighted by atomic mass is 16.7. The molecule has 0 bridgehead atoms. The van der Waals surface area contributed by atoms with E-state index >= 15 is 0 Å². The number of hydrogen-bond donors (Lipinski definition) is 3. The van der Waals surface area contributed by atoms with E-state index in [0.717, 1.165) is 0 Å². The van der Waals surface area contributed by atoms with E-state index in [4.69, 9.17) is 14.2 Å². The molecule has 0 aromatic heterocycles. The number of ether oxygens (including phenoxy) is 3. The van der Waals surface area contributed by atoms with Gasteiger partial charge in [0.2, 0.25) is 17.9 Å². The van der Waals surface area contributed by atoms with E-state index in [9.17, 15) is 30.2 Å². The summed E-state index contributed by atoms with van der Waals surface area (Å²) in [6.07, 6.45) is -2.88. The Kier molecular flexibility index (Phi) is 4.15. The van der Waals surface area contributed by atoms with Gasteiger partial charge in [-0.3, -0.25) is 10.1 Å². The maximum Gasteiger partial charge on any atom is 0.345 e. The van der Waals surface area contributed by atoms with Gasteiger partial charge in [-0.25, -0.2) is 4.79 Å². The van der Waals surface area contributed by atoms with E-state index in [1.165, 1.54) is 31.4 Å². The summed E-state index contributed by atoms with van der Waals surface area (Å²) in [5.41, 5.74) is -2.55. The first-order valence-corrected chi connectivity index (χ1v) is 7.47. The highest BCUT2D eigenvalue weighted by molar-refractivity contribution is 5.85. The molecule has 0 amide bonds. The Morgan fingerprint density at radius 1 is 1.40 bits per heavy atom. The molecule has 0 spiro atoms. The minimum absolute atomic E-state index is 0.205. The lowest BCUT2D eigenvalue weighted by Crippen LogP contribution is -2.62. The molecule has 3 N–H and O–H groups in total. The van der Waals surface area contributed by atoms with Gasteiger partial charge in [0.15, 0.2) is 6.10 Å². The van der Waals surface area contributed by atoms with Crippen LogP contribution < -0.4 is 4.74 Å². The number of aliphatic hydroxyl groups is 3. The van der Waals surface area contributed by atoms with E-state index in [1.54, 1.807) is 0 Å². The summed E-state index contributed by atoms with van der Waals surface area (Å²) in [6, 6.07) is 5.86. The Hall–Kier alpha value is -2.27. The van der Waals surface area contributed by atoms with Crippen LogP contribution in [0.4, 0.5) is 0 Å². The van der Waals surface area contributed by atoms with E-state index in [0.29, 0.717) is 5.75 Å². The van der Waals surface area contributed by atoms with Crippen molar-refractivity contribution in [1.82, 2.24) is 0 Å². The van der Waals surface area contributed by atoms with Crippen LogP contribution in [0.3, 0.4) is 0 Å². The lowest BCUT2D eigenvalue weighted by Gasteiger charge is -2.36. The molecule has 5 atom stereocenters. The number of esters is 1. The zero-order valence-electron chi connectivity index (χ0n) is 13.2. The van der Waals surface area contributed by atoms with Crippen molar-refractivity contribution in [3.63, 3.8) is 0 Å². The van der Waals surface area contributed by atoms with Crippen LogP contribution in [0.1, 0.15) is 11.5 Å². The molecular formula is C15H17NO9. The van der Waals surface area contributed by atoms with E-state index < -0.39 is 47.0 Å². The summed E-state index contributed by atoms with van der Waals surface area (Å²) in [5, 5.41) is 42.6. The number of methoxy groups -OCH3 is 1. The van der Waals surface area contributed by atoms with E-state index in [1.807, 2.05) is 0 Å². The van der Waals surface area contributed by atoms with Gasteiger partial charge in [0.05, 0.1) is 19.6 Å². The van der Waals surface area contributed by atoms with Crippen LogP contribution >= 0.6 is 0 Å². The molecule has 2 heterocycles. The number of fused-ring (bicyclic) bond motifs is 1. The molecule has 2 aliphatic rings. The lowest BCUT2D eigenvalue weighted by atomic mass is 9.76. The third-order valence-corrected chi connectivity index (χ3v) is 4.65. The molecule has 2 saturated heterocycles. The number of rotatable bonds is 5. The third-order valence-electron chi connectivity index (χ3n) is 4.65. The van der Waals surface area contributed by atoms with Crippen LogP contribution in [0.15, 0.2) is 24.3 Å². The summed E-state index contributed by atoms with van der Waals surface area (Å²) in [7, 11) is 1.44. The minimum Gasteiger partial charge on any atom is -0.497 e. The SMILES string of the molecule is COc1ccc(C(C[N+](=O)[O-])[C@@]2(O)C(=O)O[C@@H]3[C@H](O)CO[C@@]32O)cc1. The first kappa shape index (κ1) is 17.5. The molecule has 0 radical (unpaired) electrons. The zero-order valence-corrected chi connectivity index (χ0v) is 13.2. The highest BCUT2D eigenvalue weighted by Crippen LogP contribution is 2.49. The second kappa shape index (κ2) is 5.92. The third kappa shape index (κ3) is 2.45. The molecule has 3 rings (SSSR count). The average Bonchev–Trinajstić information content (AvgIpc) is 2.98. The number of aliphatic hydroxyl groups excluding tert-OH is 1. The minimum atomic E-state index is -2.75. The van der Waals surface area contributed by atoms with Gasteiger partial charge in [-0.15, -0.1) is 0 Å². The van der Waals surface area contributed by atoms with Gasteiger partial charge in [0, 0.05) is 4.92 Å². The molecule has 136 valence electrons. The van der Waals surface area contributed by atoms with Crippen molar-refractivity contribution in [2.75, 3.05) is 20.3 Å². The Labute approximate surface area is 141 Å². The van der Waals surface area contributed by atoms with Gasteiger partial charge in [-0.2, -0.15) is 0 Å². The fourth-order valence-corrected chi connectivity index (χ4v) is 3.34. The standard InChI is InChI=1S/C15H17NO9/c1-23-9-4-2-8(3-5-9)10(6-16(21)22)14(19)13(18)25-12-11(17)7-24-15(12,14)20/h2-5,10-12,17,19-20H,6-7H2,1H3/t10?,11-,12-,14-,15+/m1/s1. The quantitative estimate of drug-likeness (QED) is 0.336. The Morgan fingerprint density at radius 2 is 2.04 bits per heavy atom. The number of nitrogens with zero attached hydrogens (tertiary/aromatic N) is 1. The molecule has 1 aromatic rings. The molecule has 1 aromatic carbocycles. The number of carbonyl (C=O) groups is 1. The summed E-state index contributed by atoms with van der Waals surface area (Å²) >= 11 is 0. The second-order valence-electron chi connectivity index (χ2n) is 6.01. The Morgan fingerprint density at radius 3 is 2.60 bits per heavy atom. The predicted octanol–water partition coefficient (Wildman–Crippen LogP) is -1.21. The van der Waals surface area contributed by atoms with Crippen molar-refractivity contribution in [1.29, 1.82) is 0 Å². The van der Waals surface area contributed by atoms with E-state index in [-0.39, 0.29) is 12.2 Å². The molecular weight excluding hydrogens is 338 g/mol. The maximum atomic E-state index is 12.3. The molecule has 10 heteroatoms. The van der Waals surface area contributed by atoms with Crippen LogP contribution in [-0.4, -0.2) is 70.1 Å². The average molecular weight is 355 g/mol. The maximum absolute atomic E-state index is 12.3. The summed E-state index contributed by atoms with van der Waals surface area (Å²) < 4.78 is 14.9. The monoisotopic (exact) mass is 355 g/mol. The second-order valence-corrected chi connectivity index (χ2v) is 6.01. The molecule has 0 saturated carbocycles. The van der Waals surface area contributed by atoms with Crippen LogP contribution in [-0.2, 0) is 14.3 Å². The van der Waals surface area contributed by atoms with Crippen LogP contribution in [0.25, 0.3) is 0 Å². The normalized spacial score (nSPS) is 35.1. The smallest absolute Gasteiger partial charge is 0.345 e. The number of benzene rings is 1. The Bertz CT molecular complexity index is 693. The van der Waals surface area contributed by atoms with Gasteiger partial charge >= 0.3 is 5.97 Å². The fourth-order valence-electron chi connectivity index (χ4n) is 3.34. The molecule has 10 nitrogen and oxygen atoms in total. The van der Waals surface area contributed by atoms with Gasteiger partial charge < -0.3 is 29.5 Å². The highest BCUT2D eigenvalue weighted by Gasteiger charge is 2.76. The number of carbonyl (C=O) groups excluding carboxylic acids is 1. The Balaban J connectivity index is 2.08. The van der Waals surface area contributed by atoms with Gasteiger partial charge in [-0.05, 0) is 17.7 Å². The first-order valence-electron chi connectivity index (χ1n) is 7.47. The molecule has 25 heavy (non-hydrogen) atoms. The van der Waals surface area contributed by atoms with Gasteiger partial charge in [0.25, 0.3) is 0 Å². The van der Waals surface area contributed by atoms with Crippen LogP contribution in [0.5, 0.6) is 5.75 Å². The van der Waals surface area contributed by atoms with Crippen molar-refractivity contribution in [2.45, 2.75) is 29.5 Å². The van der Waals surface area contributed by atoms with Crippen molar-refractivity contribution in [3.8, 4) is 5.75 Å². The summed E-state index contributed by atoms with van der Waals surface area (Å²) in [5.74, 6) is -4.89. The van der Waals surface area contributed by atoms with Gasteiger partial charge in [-0.1, -0.05) is 12.1 Å². The molecule has 1 unspecified atom stereocenters. The van der Waals surface area contributed by atoms with Gasteiger partial charge in [0.1, 0.15) is 11.9 Å². The first-order chi connectivity index (χ1) is 11.7. The number of nitro groups is 1. The van der Waals surface area contributed by atoms with E-state index in [2.05, 4.69) is 0 Å². The summed E-state index contributed by atoms with van der Waals surface area (Å²) in [6.45, 7) is -1.25. The summed E-state index contributed by atoms with van der Waals surface area (Å²) in [4.78, 5) is 22.7. The van der Waals surface area contributed by atoms with Crippen molar-refractivity contribution in [3.05, 3.63) is 39.9 Å². The molecule has 0 aliphatic carbocycles. The van der Waals surface area contributed by atoms with Crippen molar-refractivity contribution >= 4 is 5.97 Å². The fraction of sp³-hybridized carbons (Fsp3) is 0.533. The largest absolute Gasteiger partial charge is 0.497 e. The predicted molar refractivity (Wildman–Crippen MR) is 79.3 cm³/mol. The number of hydrogen-bond acceptors (Lipinski definition) is 9. The zero-order chi connectivity index (χ0) is 18.4. The topological polar surface area (TPSA) is 149 Å².